The molecule has 0 bridgehead atoms. The average molecular weight is 391 g/mol. The van der Waals surface area contributed by atoms with Crippen LogP contribution >= 0.6 is 0 Å². The van der Waals surface area contributed by atoms with Gasteiger partial charge in [0.25, 0.3) is 5.56 Å². The van der Waals surface area contributed by atoms with Crippen LogP contribution in [-0.2, 0) is 17.8 Å². The first-order chi connectivity index (χ1) is 14.1. The Hall–Kier alpha value is -3.15. The summed E-state index contributed by atoms with van der Waals surface area (Å²) in [6, 6.07) is 15.4. The minimum atomic E-state index is -0.0952. The lowest BCUT2D eigenvalue weighted by Gasteiger charge is -2.17. The average Bonchev–Trinajstić information content (AvgIpc) is 3.22. The van der Waals surface area contributed by atoms with E-state index in [1.165, 1.54) is 16.5 Å². The van der Waals surface area contributed by atoms with E-state index in [1.807, 2.05) is 35.2 Å². The van der Waals surface area contributed by atoms with E-state index >= 15 is 0 Å². The summed E-state index contributed by atoms with van der Waals surface area (Å²) in [7, 11) is 1.66. The van der Waals surface area contributed by atoms with Crippen LogP contribution in [0.25, 0.3) is 10.9 Å². The van der Waals surface area contributed by atoms with Gasteiger partial charge >= 0.3 is 0 Å². The molecule has 2 aromatic carbocycles. The van der Waals surface area contributed by atoms with Gasteiger partial charge in [-0.2, -0.15) is 0 Å². The van der Waals surface area contributed by atoms with Crippen LogP contribution in [0.4, 0.5) is 0 Å². The Kier molecular flexibility index (Phi) is 5.60. The second-order valence-corrected chi connectivity index (χ2v) is 7.56. The molecule has 4 rings (SSSR count). The number of methoxy groups -OCH3 is 1. The molecule has 3 aromatic rings. The molecule has 6 heteroatoms. The van der Waals surface area contributed by atoms with Crippen molar-refractivity contribution in [2.24, 2.45) is 5.92 Å². The summed E-state index contributed by atoms with van der Waals surface area (Å²) in [5, 5.41) is 0.586. The molecule has 0 aliphatic carbocycles. The van der Waals surface area contributed by atoms with Crippen LogP contribution in [-0.4, -0.2) is 40.6 Å². The quantitative estimate of drug-likeness (QED) is 0.648. The van der Waals surface area contributed by atoms with Crippen LogP contribution in [0.5, 0.6) is 5.75 Å². The molecule has 6 nitrogen and oxygen atoms in total. The van der Waals surface area contributed by atoms with Crippen molar-refractivity contribution in [3.05, 3.63) is 70.8 Å². The van der Waals surface area contributed by atoms with Crippen molar-refractivity contribution in [1.29, 1.82) is 0 Å². The van der Waals surface area contributed by atoms with Gasteiger partial charge in [-0.25, -0.2) is 4.98 Å². The zero-order valence-electron chi connectivity index (χ0n) is 16.6. The van der Waals surface area contributed by atoms with Crippen molar-refractivity contribution in [2.45, 2.75) is 25.8 Å². The lowest BCUT2D eigenvalue weighted by molar-refractivity contribution is -0.130. The van der Waals surface area contributed by atoms with Crippen LogP contribution in [0.2, 0.25) is 0 Å². The number of carbonyl (C=O) groups excluding carboxylic acids is 1. The molecule has 1 unspecified atom stereocenters. The number of fused-ring (bicyclic) bond motifs is 1. The molecule has 1 saturated heterocycles. The molecule has 0 saturated carbocycles. The highest BCUT2D eigenvalue weighted by Crippen LogP contribution is 2.22. The Bertz CT molecular complexity index is 1060. The molecule has 1 aliphatic heterocycles. The third-order valence-corrected chi connectivity index (χ3v) is 5.62. The fourth-order valence-electron chi connectivity index (χ4n) is 3.96. The Labute approximate surface area is 169 Å². The van der Waals surface area contributed by atoms with Crippen LogP contribution in [0.3, 0.4) is 0 Å². The van der Waals surface area contributed by atoms with E-state index in [0.717, 1.165) is 31.7 Å². The third-order valence-electron chi connectivity index (χ3n) is 5.62. The maximum Gasteiger partial charge on any atom is 0.261 e. The molecule has 0 N–H and O–H groups in total. The summed E-state index contributed by atoms with van der Waals surface area (Å²) in [6.45, 7) is 1.91. The number of para-hydroxylation sites is 1. The van der Waals surface area contributed by atoms with Gasteiger partial charge in [0.05, 0.1) is 24.3 Å². The fraction of sp³-hybridized carbons (Fsp3) is 0.348. The highest BCUT2D eigenvalue weighted by atomic mass is 16.5. The molecule has 150 valence electrons. The number of nitrogens with zero attached hydrogens (tertiary/aromatic N) is 3. The van der Waals surface area contributed by atoms with E-state index in [4.69, 9.17) is 4.74 Å². The number of aryl methyl sites for hydroxylation is 1. The van der Waals surface area contributed by atoms with Gasteiger partial charge in [-0.15, -0.1) is 0 Å². The molecule has 0 radical (unpaired) electrons. The van der Waals surface area contributed by atoms with Gasteiger partial charge in [0.2, 0.25) is 5.91 Å². The number of benzene rings is 2. The number of hydrogen-bond acceptors (Lipinski definition) is 4. The van der Waals surface area contributed by atoms with Gasteiger partial charge in [0.1, 0.15) is 5.75 Å². The first kappa shape index (κ1) is 19.2. The standard InChI is InChI=1S/C23H25N3O3/c1-29-19-8-6-17(7-9-19)14-18-10-12-25(15-18)22(27)11-13-26-16-24-21-5-3-2-4-20(21)23(26)28/h2-9,16,18H,10-15H2,1H3. The molecular weight excluding hydrogens is 366 g/mol. The van der Waals surface area contributed by atoms with Crippen molar-refractivity contribution in [3.8, 4) is 5.75 Å². The Morgan fingerprint density at radius 2 is 1.97 bits per heavy atom. The highest BCUT2D eigenvalue weighted by Gasteiger charge is 2.26. The fourth-order valence-corrected chi connectivity index (χ4v) is 3.96. The smallest absolute Gasteiger partial charge is 0.261 e. The van der Waals surface area contributed by atoms with Crippen molar-refractivity contribution in [3.63, 3.8) is 0 Å². The summed E-state index contributed by atoms with van der Waals surface area (Å²) >= 11 is 0. The number of likely N-dealkylation sites (tertiary alicyclic amines) is 1. The summed E-state index contributed by atoms with van der Waals surface area (Å²) in [5.41, 5.74) is 1.85. The number of amides is 1. The maximum absolute atomic E-state index is 12.6. The maximum atomic E-state index is 12.6. The van der Waals surface area contributed by atoms with Crippen molar-refractivity contribution < 1.29 is 9.53 Å². The van der Waals surface area contributed by atoms with Gasteiger partial charge in [0, 0.05) is 26.1 Å². The minimum absolute atomic E-state index is 0.0952. The van der Waals surface area contributed by atoms with Crippen LogP contribution in [0, 0.1) is 5.92 Å². The monoisotopic (exact) mass is 391 g/mol. The van der Waals surface area contributed by atoms with Crippen LogP contribution in [0.1, 0.15) is 18.4 Å². The topological polar surface area (TPSA) is 64.4 Å². The van der Waals surface area contributed by atoms with Crippen molar-refractivity contribution >= 4 is 16.8 Å². The zero-order chi connectivity index (χ0) is 20.2. The number of hydrogen-bond donors (Lipinski definition) is 0. The van der Waals surface area contributed by atoms with Crippen molar-refractivity contribution in [2.75, 3.05) is 20.2 Å². The predicted octanol–water partition coefficient (Wildman–Crippen LogP) is 2.89. The first-order valence-electron chi connectivity index (χ1n) is 9.99. The van der Waals surface area contributed by atoms with Gasteiger partial charge in [0.15, 0.2) is 0 Å². The first-order valence-corrected chi connectivity index (χ1v) is 9.99. The third kappa shape index (κ3) is 4.31. The SMILES string of the molecule is COc1ccc(CC2CCN(C(=O)CCn3cnc4ccccc4c3=O)C2)cc1. The molecule has 1 amide bonds. The minimum Gasteiger partial charge on any atom is -0.497 e. The molecular formula is C23H25N3O3. The lowest BCUT2D eigenvalue weighted by atomic mass is 9.99. The van der Waals surface area contributed by atoms with E-state index < -0.39 is 0 Å². The van der Waals surface area contributed by atoms with E-state index in [1.54, 1.807) is 13.2 Å². The van der Waals surface area contributed by atoms with Gasteiger partial charge in [-0.1, -0.05) is 24.3 Å². The van der Waals surface area contributed by atoms with Crippen molar-refractivity contribution in [1.82, 2.24) is 14.5 Å². The second-order valence-electron chi connectivity index (χ2n) is 7.56. The molecule has 1 fully saturated rings. The highest BCUT2D eigenvalue weighted by molar-refractivity contribution is 5.77. The summed E-state index contributed by atoms with van der Waals surface area (Å²) in [5.74, 6) is 1.43. The molecule has 1 atom stereocenters. The number of ether oxygens (including phenoxy) is 1. The number of rotatable bonds is 6. The largest absolute Gasteiger partial charge is 0.497 e. The second kappa shape index (κ2) is 8.47. The van der Waals surface area contributed by atoms with Crippen LogP contribution in [0.15, 0.2) is 59.7 Å². The summed E-state index contributed by atoms with van der Waals surface area (Å²) < 4.78 is 6.73. The van der Waals surface area contributed by atoms with Gasteiger partial charge in [-0.05, 0) is 48.6 Å². The van der Waals surface area contributed by atoms with Gasteiger partial charge < -0.3 is 9.64 Å². The van der Waals surface area contributed by atoms with E-state index in [-0.39, 0.29) is 11.5 Å². The van der Waals surface area contributed by atoms with E-state index in [0.29, 0.717) is 29.8 Å². The molecule has 0 spiro atoms. The Balaban J connectivity index is 1.32. The van der Waals surface area contributed by atoms with Gasteiger partial charge in [-0.3, -0.25) is 14.2 Å². The molecule has 2 heterocycles. The zero-order valence-corrected chi connectivity index (χ0v) is 16.6. The molecule has 1 aromatic heterocycles. The number of carbonyl (C=O) groups is 1. The Morgan fingerprint density at radius 1 is 1.17 bits per heavy atom. The summed E-state index contributed by atoms with van der Waals surface area (Å²) in [6.07, 6.45) is 3.82. The Morgan fingerprint density at radius 3 is 2.76 bits per heavy atom. The predicted molar refractivity (Wildman–Crippen MR) is 112 cm³/mol. The normalized spacial score (nSPS) is 16.3. The molecule has 1 aliphatic rings. The van der Waals surface area contributed by atoms with E-state index in [2.05, 4.69) is 17.1 Å². The number of aromatic nitrogens is 2. The lowest BCUT2D eigenvalue weighted by Crippen LogP contribution is -2.31. The molecule has 29 heavy (non-hydrogen) atoms. The van der Waals surface area contributed by atoms with E-state index in [9.17, 15) is 9.59 Å². The van der Waals surface area contributed by atoms with Crippen LogP contribution < -0.4 is 10.3 Å². The summed E-state index contributed by atoms with van der Waals surface area (Å²) in [4.78, 5) is 31.4.